The first kappa shape index (κ1) is 13.5. The zero-order chi connectivity index (χ0) is 11.0. The highest BCUT2D eigenvalue weighted by molar-refractivity contribution is 4.92. The number of allylic oxidation sites excluding steroid dienone is 1. The summed E-state index contributed by atoms with van der Waals surface area (Å²) in [4.78, 5) is 2.47. The Balaban J connectivity index is 4.44. The van der Waals surface area contributed by atoms with Gasteiger partial charge in [-0.2, -0.15) is 0 Å². The summed E-state index contributed by atoms with van der Waals surface area (Å²) < 4.78 is 0. The maximum Gasteiger partial charge on any atom is 0.0365 e. The van der Waals surface area contributed by atoms with Gasteiger partial charge in [-0.05, 0) is 39.8 Å². The highest BCUT2D eigenvalue weighted by Crippen LogP contribution is 2.26. The summed E-state index contributed by atoms with van der Waals surface area (Å²) in [5.41, 5.74) is 0.358. The van der Waals surface area contributed by atoms with Crippen LogP contribution in [0.4, 0.5) is 0 Å². The number of hydrogen-bond donors (Lipinski definition) is 0. The summed E-state index contributed by atoms with van der Waals surface area (Å²) in [7, 11) is 0. The molecule has 0 amide bonds. The minimum Gasteiger partial charge on any atom is -0.373 e. The van der Waals surface area contributed by atoms with Crippen LogP contribution in [0.3, 0.4) is 0 Å². The van der Waals surface area contributed by atoms with E-state index in [1.165, 1.54) is 25.7 Å². The van der Waals surface area contributed by atoms with Crippen molar-refractivity contribution in [2.24, 2.45) is 0 Å². The number of hydrogen-bond acceptors (Lipinski definition) is 1. The van der Waals surface area contributed by atoms with Gasteiger partial charge in [0.15, 0.2) is 0 Å². The summed E-state index contributed by atoms with van der Waals surface area (Å²) in [6.45, 7) is 12.4. The molecule has 0 rings (SSSR count). The van der Waals surface area contributed by atoms with E-state index in [4.69, 9.17) is 0 Å². The van der Waals surface area contributed by atoms with Crippen molar-refractivity contribution in [2.75, 3.05) is 6.54 Å². The van der Waals surface area contributed by atoms with E-state index in [0.29, 0.717) is 5.54 Å². The summed E-state index contributed by atoms with van der Waals surface area (Å²) in [6.07, 6.45) is 9.53. The average Bonchev–Trinajstić information content (AvgIpc) is 2.22. The van der Waals surface area contributed by atoms with Crippen LogP contribution >= 0.6 is 0 Å². The molecule has 0 aliphatic carbocycles. The van der Waals surface area contributed by atoms with Crippen LogP contribution in [-0.4, -0.2) is 17.0 Å². The van der Waals surface area contributed by atoms with Gasteiger partial charge in [0, 0.05) is 12.1 Å². The highest BCUT2D eigenvalue weighted by atomic mass is 15.2. The Kier molecular flexibility index (Phi) is 6.69. The zero-order valence-corrected chi connectivity index (χ0v) is 10.6. The van der Waals surface area contributed by atoms with Crippen LogP contribution in [0.15, 0.2) is 12.3 Å². The average molecular weight is 197 g/mol. The Hall–Kier alpha value is -0.460. The molecule has 1 heteroatoms. The van der Waals surface area contributed by atoms with Crippen molar-refractivity contribution in [3.8, 4) is 0 Å². The Bertz CT molecular complexity index is 163. The van der Waals surface area contributed by atoms with Crippen molar-refractivity contribution in [1.82, 2.24) is 4.90 Å². The van der Waals surface area contributed by atoms with Gasteiger partial charge in [0.1, 0.15) is 0 Å². The minimum atomic E-state index is 0.358. The van der Waals surface area contributed by atoms with Crippen LogP contribution < -0.4 is 0 Å². The van der Waals surface area contributed by atoms with Crippen LogP contribution in [0.5, 0.6) is 0 Å². The van der Waals surface area contributed by atoms with Gasteiger partial charge in [-0.25, -0.2) is 0 Å². The van der Waals surface area contributed by atoms with E-state index in [9.17, 15) is 0 Å². The molecule has 0 saturated heterocycles. The lowest BCUT2D eigenvalue weighted by Crippen LogP contribution is -2.42. The first-order valence-corrected chi connectivity index (χ1v) is 6.04. The van der Waals surface area contributed by atoms with E-state index in [-0.39, 0.29) is 0 Å². The molecule has 0 N–H and O–H groups in total. The second-order valence-corrected chi connectivity index (χ2v) is 4.22. The van der Waals surface area contributed by atoms with Crippen LogP contribution in [0.1, 0.15) is 60.3 Å². The summed E-state index contributed by atoms with van der Waals surface area (Å²) >= 11 is 0. The van der Waals surface area contributed by atoms with Gasteiger partial charge < -0.3 is 4.90 Å². The Morgan fingerprint density at radius 1 is 1.21 bits per heavy atom. The van der Waals surface area contributed by atoms with Gasteiger partial charge in [0.2, 0.25) is 0 Å². The van der Waals surface area contributed by atoms with Crippen molar-refractivity contribution in [3.63, 3.8) is 0 Å². The fourth-order valence-electron chi connectivity index (χ4n) is 1.93. The third-order valence-corrected chi connectivity index (χ3v) is 3.19. The van der Waals surface area contributed by atoms with Crippen molar-refractivity contribution in [1.29, 1.82) is 0 Å². The van der Waals surface area contributed by atoms with Gasteiger partial charge in [-0.3, -0.25) is 0 Å². The van der Waals surface area contributed by atoms with Crippen molar-refractivity contribution >= 4 is 0 Å². The third kappa shape index (κ3) is 3.73. The molecule has 0 spiro atoms. The molecule has 0 radical (unpaired) electrons. The van der Waals surface area contributed by atoms with E-state index in [1.54, 1.807) is 0 Å². The second-order valence-electron chi connectivity index (χ2n) is 4.22. The quantitative estimate of drug-likeness (QED) is 0.591. The monoisotopic (exact) mass is 197 g/mol. The van der Waals surface area contributed by atoms with Crippen LogP contribution in [0.2, 0.25) is 0 Å². The van der Waals surface area contributed by atoms with Crippen LogP contribution in [0, 0.1) is 0 Å². The smallest absolute Gasteiger partial charge is 0.0365 e. The molecular weight excluding hydrogens is 170 g/mol. The van der Waals surface area contributed by atoms with E-state index in [0.717, 1.165) is 6.54 Å². The second kappa shape index (κ2) is 6.92. The molecule has 1 unspecified atom stereocenters. The van der Waals surface area contributed by atoms with Crippen molar-refractivity contribution < 1.29 is 0 Å². The van der Waals surface area contributed by atoms with Gasteiger partial charge >= 0.3 is 0 Å². The molecular formula is C13H27N. The van der Waals surface area contributed by atoms with Crippen molar-refractivity contribution in [3.05, 3.63) is 12.3 Å². The molecule has 0 aromatic rings. The minimum absolute atomic E-state index is 0.358. The number of rotatable bonds is 7. The molecule has 14 heavy (non-hydrogen) atoms. The largest absolute Gasteiger partial charge is 0.373 e. The first-order valence-electron chi connectivity index (χ1n) is 6.04. The number of nitrogens with zero attached hydrogens (tertiary/aromatic N) is 1. The predicted molar refractivity (Wildman–Crippen MR) is 65.4 cm³/mol. The highest BCUT2D eigenvalue weighted by Gasteiger charge is 2.25. The molecule has 84 valence electrons. The van der Waals surface area contributed by atoms with Crippen LogP contribution in [0.25, 0.3) is 0 Å². The topological polar surface area (TPSA) is 3.24 Å². The SMILES string of the molecule is C/C=C\N(CC)C(C)(CC)CCCC. The fourth-order valence-corrected chi connectivity index (χ4v) is 1.93. The molecule has 0 fully saturated rings. The number of unbranched alkanes of at least 4 members (excludes halogenated alkanes) is 1. The summed E-state index contributed by atoms with van der Waals surface area (Å²) in [5, 5.41) is 0. The van der Waals surface area contributed by atoms with Gasteiger partial charge in [-0.15, -0.1) is 0 Å². The molecule has 0 heterocycles. The predicted octanol–water partition coefficient (Wildman–Crippen LogP) is 4.20. The molecule has 0 aromatic carbocycles. The molecule has 1 atom stereocenters. The lowest BCUT2D eigenvalue weighted by molar-refractivity contribution is 0.149. The molecule has 0 bridgehead atoms. The molecule has 1 nitrogen and oxygen atoms in total. The van der Waals surface area contributed by atoms with E-state index >= 15 is 0 Å². The summed E-state index contributed by atoms with van der Waals surface area (Å²) in [5.74, 6) is 0. The molecule has 0 aliphatic heterocycles. The van der Waals surface area contributed by atoms with Crippen molar-refractivity contribution in [2.45, 2.75) is 65.8 Å². The first-order chi connectivity index (χ1) is 6.64. The lowest BCUT2D eigenvalue weighted by Gasteiger charge is -2.40. The Morgan fingerprint density at radius 3 is 2.21 bits per heavy atom. The maximum absolute atomic E-state index is 2.47. The normalized spacial score (nSPS) is 15.8. The maximum atomic E-state index is 2.47. The molecule has 0 aromatic heterocycles. The third-order valence-electron chi connectivity index (χ3n) is 3.19. The van der Waals surface area contributed by atoms with E-state index in [2.05, 4.69) is 51.8 Å². The zero-order valence-electron chi connectivity index (χ0n) is 10.6. The fraction of sp³-hybridized carbons (Fsp3) is 0.846. The lowest BCUT2D eigenvalue weighted by atomic mass is 9.90. The van der Waals surface area contributed by atoms with Crippen LogP contribution in [-0.2, 0) is 0 Å². The van der Waals surface area contributed by atoms with E-state index < -0.39 is 0 Å². The molecule has 0 saturated carbocycles. The standard InChI is InChI=1S/C13H27N/c1-6-10-11-13(5,8-3)14(9-4)12-7-2/h7,12H,6,8-11H2,1-5H3/b12-7-. The molecule has 0 aliphatic rings. The van der Waals surface area contributed by atoms with Gasteiger partial charge in [0.05, 0.1) is 0 Å². The van der Waals surface area contributed by atoms with E-state index in [1.807, 2.05) is 0 Å². The summed E-state index contributed by atoms with van der Waals surface area (Å²) in [6, 6.07) is 0. The Morgan fingerprint density at radius 2 is 1.86 bits per heavy atom. The van der Waals surface area contributed by atoms with Gasteiger partial charge in [0.25, 0.3) is 0 Å². The van der Waals surface area contributed by atoms with Gasteiger partial charge in [-0.1, -0.05) is 32.8 Å². The Labute approximate surface area is 90.2 Å².